The maximum atomic E-state index is 12.8. The van der Waals surface area contributed by atoms with Crippen LogP contribution in [-0.4, -0.2) is 37.3 Å². The van der Waals surface area contributed by atoms with Gasteiger partial charge in [-0.25, -0.2) is 9.78 Å². The molecule has 1 saturated heterocycles. The van der Waals surface area contributed by atoms with E-state index in [1.807, 2.05) is 0 Å². The number of hydrogen-bond donors (Lipinski definition) is 0. The van der Waals surface area contributed by atoms with Gasteiger partial charge in [0.25, 0.3) is 0 Å². The Bertz CT molecular complexity index is 537. The Morgan fingerprint density at radius 2 is 2.19 bits per heavy atom. The lowest BCUT2D eigenvalue weighted by Gasteiger charge is -2.35. The van der Waals surface area contributed by atoms with Crippen LogP contribution in [0.3, 0.4) is 0 Å². The maximum Gasteiger partial charge on any atom is 0.393 e. The number of halogens is 4. The first-order valence-corrected chi connectivity index (χ1v) is 7.18. The molecular formula is C13H14BrF3N2O2. The first kappa shape index (κ1) is 16.1. The van der Waals surface area contributed by atoms with E-state index in [0.29, 0.717) is 23.3 Å². The highest BCUT2D eigenvalue weighted by Crippen LogP contribution is 2.36. The lowest BCUT2D eigenvalue weighted by molar-refractivity contribution is -0.176. The van der Waals surface area contributed by atoms with Crippen molar-refractivity contribution >= 4 is 27.6 Å². The van der Waals surface area contributed by atoms with Crippen LogP contribution in [0.1, 0.15) is 23.3 Å². The smallest absolute Gasteiger partial charge is 0.393 e. The maximum absolute atomic E-state index is 12.8. The Balaban J connectivity index is 2.20. The summed E-state index contributed by atoms with van der Waals surface area (Å²) in [7, 11) is 1.24. The summed E-state index contributed by atoms with van der Waals surface area (Å²) >= 11 is 3.21. The predicted molar refractivity (Wildman–Crippen MR) is 74.3 cm³/mol. The van der Waals surface area contributed by atoms with Gasteiger partial charge in [0, 0.05) is 13.1 Å². The number of piperidine rings is 1. The molecule has 2 rings (SSSR count). The van der Waals surface area contributed by atoms with Crippen molar-refractivity contribution in [3.8, 4) is 0 Å². The Morgan fingerprint density at radius 3 is 2.76 bits per heavy atom. The summed E-state index contributed by atoms with van der Waals surface area (Å²) in [4.78, 5) is 17.0. The number of methoxy groups -OCH3 is 1. The molecule has 116 valence electrons. The Kier molecular flexibility index (Phi) is 4.75. The lowest BCUT2D eigenvalue weighted by Crippen LogP contribution is -2.42. The van der Waals surface area contributed by atoms with Crippen LogP contribution in [0.15, 0.2) is 16.7 Å². The molecule has 0 aliphatic carbocycles. The van der Waals surface area contributed by atoms with Gasteiger partial charge < -0.3 is 9.64 Å². The molecule has 0 bridgehead atoms. The molecule has 0 radical (unpaired) electrons. The van der Waals surface area contributed by atoms with E-state index in [4.69, 9.17) is 0 Å². The fourth-order valence-corrected chi connectivity index (χ4v) is 2.92. The zero-order valence-corrected chi connectivity index (χ0v) is 12.9. The first-order valence-electron chi connectivity index (χ1n) is 6.39. The van der Waals surface area contributed by atoms with Gasteiger partial charge >= 0.3 is 12.1 Å². The fourth-order valence-electron chi connectivity index (χ4n) is 2.34. The average Bonchev–Trinajstić information content (AvgIpc) is 2.45. The molecule has 4 nitrogen and oxygen atoms in total. The molecule has 0 spiro atoms. The third kappa shape index (κ3) is 3.66. The van der Waals surface area contributed by atoms with Crippen molar-refractivity contribution in [1.82, 2.24) is 4.98 Å². The minimum absolute atomic E-state index is 0.0959. The second-order valence-corrected chi connectivity index (χ2v) is 5.58. The molecule has 1 aromatic rings. The summed E-state index contributed by atoms with van der Waals surface area (Å²) in [5.41, 5.74) is 0.661. The van der Waals surface area contributed by atoms with E-state index in [1.54, 1.807) is 11.0 Å². The van der Waals surface area contributed by atoms with Crippen LogP contribution in [0.5, 0.6) is 0 Å². The molecule has 0 saturated carbocycles. The van der Waals surface area contributed by atoms with Crippen molar-refractivity contribution in [1.29, 1.82) is 0 Å². The third-order valence-corrected chi connectivity index (χ3v) is 4.03. The number of rotatable bonds is 2. The number of hydrogen-bond acceptors (Lipinski definition) is 4. The molecule has 8 heteroatoms. The molecule has 0 amide bonds. The van der Waals surface area contributed by atoms with Gasteiger partial charge in [0.15, 0.2) is 0 Å². The summed E-state index contributed by atoms with van der Waals surface area (Å²) in [6.45, 7) is 0.436. The van der Waals surface area contributed by atoms with E-state index in [1.165, 1.54) is 13.2 Å². The van der Waals surface area contributed by atoms with Gasteiger partial charge in [-0.1, -0.05) is 0 Å². The molecule has 1 fully saturated rings. The molecule has 1 aliphatic rings. The Morgan fingerprint density at radius 1 is 1.48 bits per heavy atom. The summed E-state index contributed by atoms with van der Waals surface area (Å²) in [5, 5.41) is 0. The number of alkyl halides is 3. The monoisotopic (exact) mass is 366 g/mol. The number of nitrogens with zero attached hydrogens (tertiary/aromatic N) is 2. The van der Waals surface area contributed by atoms with Crippen LogP contribution < -0.4 is 4.90 Å². The molecule has 1 unspecified atom stereocenters. The van der Waals surface area contributed by atoms with E-state index in [2.05, 4.69) is 25.7 Å². The van der Waals surface area contributed by atoms with E-state index < -0.39 is 18.1 Å². The molecule has 1 aromatic heterocycles. The van der Waals surface area contributed by atoms with Crippen LogP contribution in [0.4, 0.5) is 18.9 Å². The number of aromatic nitrogens is 1. The summed E-state index contributed by atoms with van der Waals surface area (Å²) in [6.07, 6.45) is -3.58. The third-order valence-electron chi connectivity index (χ3n) is 3.45. The fraction of sp³-hybridized carbons (Fsp3) is 0.538. The number of carbonyl (C=O) groups excluding carboxylic acids is 1. The minimum Gasteiger partial charge on any atom is -0.464 e. The molecular weight excluding hydrogens is 353 g/mol. The van der Waals surface area contributed by atoms with Crippen LogP contribution in [0.2, 0.25) is 0 Å². The van der Waals surface area contributed by atoms with Crippen LogP contribution >= 0.6 is 15.9 Å². The topological polar surface area (TPSA) is 42.4 Å². The number of anilines is 1. The van der Waals surface area contributed by atoms with Gasteiger partial charge in [0.2, 0.25) is 0 Å². The van der Waals surface area contributed by atoms with Crippen molar-refractivity contribution < 1.29 is 22.7 Å². The summed E-state index contributed by atoms with van der Waals surface area (Å²) in [5.74, 6) is -1.92. The SMILES string of the molecule is COC(=O)c1ccc(N2CCCC(C(F)(F)F)C2)c(Br)n1. The lowest BCUT2D eigenvalue weighted by atomic mass is 9.97. The zero-order chi connectivity index (χ0) is 15.6. The van der Waals surface area contributed by atoms with Gasteiger partial charge in [-0.3, -0.25) is 0 Å². The number of esters is 1. The Labute approximate surface area is 128 Å². The van der Waals surface area contributed by atoms with Crippen molar-refractivity contribution in [3.05, 3.63) is 22.4 Å². The van der Waals surface area contributed by atoms with E-state index in [-0.39, 0.29) is 18.7 Å². The van der Waals surface area contributed by atoms with Gasteiger partial charge in [-0.2, -0.15) is 13.2 Å². The van der Waals surface area contributed by atoms with Crippen molar-refractivity contribution in [2.75, 3.05) is 25.1 Å². The van der Waals surface area contributed by atoms with Gasteiger partial charge in [0.1, 0.15) is 10.3 Å². The van der Waals surface area contributed by atoms with Crippen molar-refractivity contribution in [3.63, 3.8) is 0 Å². The van der Waals surface area contributed by atoms with Crippen LogP contribution in [-0.2, 0) is 4.74 Å². The van der Waals surface area contributed by atoms with Gasteiger partial charge in [0.05, 0.1) is 18.7 Å². The number of carbonyl (C=O) groups is 1. The summed E-state index contributed by atoms with van der Waals surface area (Å²) in [6, 6.07) is 3.03. The molecule has 1 aliphatic heterocycles. The largest absolute Gasteiger partial charge is 0.464 e. The minimum atomic E-state index is -4.19. The van der Waals surface area contributed by atoms with Crippen molar-refractivity contribution in [2.24, 2.45) is 5.92 Å². The van der Waals surface area contributed by atoms with Gasteiger partial charge in [-0.05, 0) is 40.9 Å². The molecule has 2 heterocycles. The molecule has 1 atom stereocenters. The Hall–Kier alpha value is -1.31. The zero-order valence-electron chi connectivity index (χ0n) is 11.3. The first-order chi connectivity index (χ1) is 9.82. The highest BCUT2D eigenvalue weighted by molar-refractivity contribution is 9.10. The summed E-state index contributed by atoms with van der Waals surface area (Å²) < 4.78 is 43.4. The average molecular weight is 367 g/mol. The number of ether oxygens (including phenoxy) is 1. The normalized spacial score (nSPS) is 19.5. The second kappa shape index (κ2) is 6.21. The van der Waals surface area contributed by atoms with E-state index >= 15 is 0 Å². The standard InChI is InChI=1S/C13H14BrF3N2O2/c1-21-12(20)9-4-5-10(11(14)18-9)19-6-2-3-8(7-19)13(15,16)17/h4-5,8H,2-3,6-7H2,1H3. The highest BCUT2D eigenvalue weighted by atomic mass is 79.9. The van der Waals surface area contributed by atoms with Crippen LogP contribution in [0.25, 0.3) is 0 Å². The molecule has 0 aromatic carbocycles. The quantitative estimate of drug-likeness (QED) is 0.594. The van der Waals surface area contributed by atoms with Crippen LogP contribution in [0, 0.1) is 5.92 Å². The molecule has 21 heavy (non-hydrogen) atoms. The predicted octanol–water partition coefficient (Wildman–Crippen LogP) is 3.41. The number of pyridine rings is 1. The van der Waals surface area contributed by atoms with E-state index in [0.717, 1.165) is 0 Å². The second-order valence-electron chi connectivity index (χ2n) is 4.82. The van der Waals surface area contributed by atoms with Gasteiger partial charge in [-0.15, -0.1) is 0 Å². The van der Waals surface area contributed by atoms with Crippen molar-refractivity contribution in [2.45, 2.75) is 19.0 Å². The highest BCUT2D eigenvalue weighted by Gasteiger charge is 2.42. The molecule has 0 N–H and O–H groups in total. The van der Waals surface area contributed by atoms with E-state index in [9.17, 15) is 18.0 Å².